The second-order valence-corrected chi connectivity index (χ2v) is 9.07. The lowest BCUT2D eigenvalue weighted by molar-refractivity contribution is -0.151. The number of ether oxygens (including phenoxy) is 4. The van der Waals surface area contributed by atoms with Gasteiger partial charge in [-0.1, -0.05) is 25.1 Å². The summed E-state index contributed by atoms with van der Waals surface area (Å²) in [6.07, 6.45) is 0.344. The van der Waals surface area contributed by atoms with Crippen LogP contribution in [0.3, 0.4) is 0 Å². The zero-order chi connectivity index (χ0) is 25.7. The normalized spacial score (nSPS) is 22.0. The molecule has 3 atom stereocenters. The van der Waals surface area contributed by atoms with Crippen LogP contribution in [0.4, 0.5) is 0 Å². The van der Waals surface area contributed by atoms with E-state index in [1.807, 2.05) is 52.0 Å². The molecule has 0 spiro atoms. The van der Waals surface area contributed by atoms with Crippen LogP contribution in [-0.4, -0.2) is 50.8 Å². The first-order valence-corrected chi connectivity index (χ1v) is 12.0. The molecule has 1 heterocycles. The Labute approximate surface area is 206 Å². The number of rotatable bonds is 9. The third-order valence-electron chi connectivity index (χ3n) is 6.22. The molecule has 3 rings (SSSR count). The summed E-state index contributed by atoms with van der Waals surface area (Å²) >= 11 is 0. The molecule has 2 aliphatic rings. The van der Waals surface area contributed by atoms with E-state index in [-0.39, 0.29) is 31.0 Å². The first kappa shape index (κ1) is 26.5. The number of Topliss-reactive ketones (excluding diaryl/α,β-unsaturated/α-hetero) is 1. The van der Waals surface area contributed by atoms with Gasteiger partial charge < -0.3 is 24.3 Å². The van der Waals surface area contributed by atoms with Gasteiger partial charge >= 0.3 is 11.9 Å². The first-order valence-electron chi connectivity index (χ1n) is 12.0. The molecular formula is C27H35NO7. The predicted octanol–water partition coefficient (Wildman–Crippen LogP) is 3.67. The van der Waals surface area contributed by atoms with Crippen molar-refractivity contribution < 1.29 is 33.3 Å². The van der Waals surface area contributed by atoms with Crippen molar-refractivity contribution in [2.45, 2.75) is 53.1 Å². The van der Waals surface area contributed by atoms with Crippen molar-refractivity contribution in [1.82, 2.24) is 5.32 Å². The van der Waals surface area contributed by atoms with Gasteiger partial charge in [-0.15, -0.1) is 0 Å². The smallest absolute Gasteiger partial charge is 0.336 e. The molecule has 0 amide bonds. The van der Waals surface area contributed by atoms with Crippen molar-refractivity contribution in [3.8, 4) is 5.75 Å². The highest BCUT2D eigenvalue weighted by molar-refractivity contribution is 6.12. The number of carbonyl (C=O) groups is 3. The van der Waals surface area contributed by atoms with Crippen molar-refractivity contribution >= 4 is 17.7 Å². The summed E-state index contributed by atoms with van der Waals surface area (Å²) in [7, 11) is 1.28. The zero-order valence-corrected chi connectivity index (χ0v) is 21.3. The molecule has 0 fully saturated rings. The number of ketones is 1. The van der Waals surface area contributed by atoms with E-state index in [0.29, 0.717) is 46.9 Å². The van der Waals surface area contributed by atoms with Crippen molar-refractivity contribution in [1.29, 1.82) is 0 Å². The van der Waals surface area contributed by atoms with Gasteiger partial charge in [0, 0.05) is 29.1 Å². The number of allylic oxidation sites excluding steroid dienone is 3. The summed E-state index contributed by atoms with van der Waals surface area (Å²) in [6.45, 7) is 10.2. The van der Waals surface area contributed by atoms with Gasteiger partial charge in [0.1, 0.15) is 18.3 Å². The van der Waals surface area contributed by atoms with Gasteiger partial charge in [-0.05, 0) is 46.1 Å². The maximum Gasteiger partial charge on any atom is 0.336 e. The Bertz CT molecular complexity index is 1040. The van der Waals surface area contributed by atoms with E-state index in [0.717, 1.165) is 0 Å². The minimum atomic E-state index is -0.949. The van der Waals surface area contributed by atoms with E-state index in [9.17, 15) is 14.4 Å². The Hall–Kier alpha value is -3.13. The molecule has 0 radical (unpaired) electrons. The molecule has 8 nitrogen and oxygen atoms in total. The predicted molar refractivity (Wildman–Crippen MR) is 130 cm³/mol. The highest BCUT2D eigenvalue weighted by Gasteiger charge is 2.47. The quantitative estimate of drug-likeness (QED) is 0.321. The van der Waals surface area contributed by atoms with Crippen molar-refractivity contribution in [2.75, 3.05) is 26.9 Å². The average Bonchev–Trinajstić information content (AvgIpc) is 2.80. The SMILES string of the molecule is CCOCCOC(=O)C1=C(C)NC2=C(C(=O)[C@H](C(=O)OC)[C@@H](C)C2)[C@H]1c1ccccc1OC(C)C. The van der Waals surface area contributed by atoms with E-state index >= 15 is 0 Å². The van der Waals surface area contributed by atoms with Crippen LogP contribution in [0.1, 0.15) is 52.5 Å². The molecule has 0 unspecified atom stereocenters. The molecule has 0 bridgehead atoms. The van der Waals surface area contributed by atoms with Crippen LogP contribution < -0.4 is 10.1 Å². The second kappa shape index (κ2) is 11.5. The van der Waals surface area contributed by atoms with Crippen molar-refractivity contribution in [3.63, 3.8) is 0 Å². The summed E-state index contributed by atoms with van der Waals surface area (Å²) in [6, 6.07) is 7.35. The number of para-hydroxylation sites is 1. The van der Waals surface area contributed by atoms with Gasteiger partial charge in [0.2, 0.25) is 0 Å². The maximum atomic E-state index is 13.8. The fourth-order valence-corrected chi connectivity index (χ4v) is 4.76. The van der Waals surface area contributed by atoms with Crippen LogP contribution >= 0.6 is 0 Å². The van der Waals surface area contributed by atoms with Crippen molar-refractivity contribution in [3.05, 3.63) is 52.4 Å². The van der Waals surface area contributed by atoms with Gasteiger partial charge in [0.15, 0.2) is 5.78 Å². The van der Waals surface area contributed by atoms with Gasteiger partial charge in [-0.3, -0.25) is 9.59 Å². The molecule has 1 aliphatic heterocycles. The van der Waals surface area contributed by atoms with E-state index in [1.54, 1.807) is 6.92 Å². The van der Waals surface area contributed by atoms with Gasteiger partial charge in [-0.25, -0.2) is 4.79 Å². The molecule has 1 N–H and O–H groups in total. The first-order chi connectivity index (χ1) is 16.7. The molecule has 35 heavy (non-hydrogen) atoms. The molecule has 1 aromatic rings. The van der Waals surface area contributed by atoms with Crippen LogP contribution in [0, 0.1) is 11.8 Å². The number of esters is 2. The summed E-state index contributed by atoms with van der Waals surface area (Å²) < 4.78 is 21.8. The Morgan fingerprint density at radius 1 is 1.17 bits per heavy atom. The summed E-state index contributed by atoms with van der Waals surface area (Å²) in [5.74, 6) is -2.87. The summed E-state index contributed by atoms with van der Waals surface area (Å²) in [4.78, 5) is 39.8. The summed E-state index contributed by atoms with van der Waals surface area (Å²) in [5, 5.41) is 3.26. The Morgan fingerprint density at radius 3 is 2.54 bits per heavy atom. The van der Waals surface area contributed by atoms with Crippen LogP contribution in [0.5, 0.6) is 5.75 Å². The maximum absolute atomic E-state index is 13.8. The van der Waals surface area contributed by atoms with Crippen molar-refractivity contribution in [2.24, 2.45) is 11.8 Å². The number of hydrogen-bond donors (Lipinski definition) is 1. The third kappa shape index (κ3) is 5.59. The molecule has 1 aromatic carbocycles. The highest BCUT2D eigenvalue weighted by Crippen LogP contribution is 2.47. The van der Waals surface area contributed by atoms with E-state index in [4.69, 9.17) is 18.9 Å². The van der Waals surface area contributed by atoms with E-state index in [1.165, 1.54) is 7.11 Å². The number of hydrogen-bond acceptors (Lipinski definition) is 8. The standard InChI is InChI=1S/C27H35NO7/c1-7-33-12-13-34-27(31)22-17(5)28-19-14-16(4)21(26(30)32-6)25(29)24(19)23(22)18-10-8-9-11-20(18)35-15(2)3/h8-11,15-16,21,23,28H,7,12-14H2,1-6H3/t16-,21+,23-/m0/s1. The molecule has 0 aromatic heterocycles. The Kier molecular flexibility index (Phi) is 8.72. The molecule has 190 valence electrons. The Morgan fingerprint density at radius 2 is 1.89 bits per heavy atom. The molecule has 1 aliphatic carbocycles. The fourth-order valence-electron chi connectivity index (χ4n) is 4.76. The number of methoxy groups -OCH3 is 1. The minimum absolute atomic E-state index is 0.0853. The van der Waals surface area contributed by atoms with E-state index in [2.05, 4.69) is 5.32 Å². The van der Waals surface area contributed by atoms with Crippen LogP contribution in [0.2, 0.25) is 0 Å². The second-order valence-electron chi connectivity index (χ2n) is 9.07. The fraction of sp³-hybridized carbons (Fsp3) is 0.519. The number of carbonyl (C=O) groups excluding carboxylic acids is 3. The largest absolute Gasteiger partial charge is 0.491 e. The van der Waals surface area contributed by atoms with Gasteiger partial charge in [0.05, 0.1) is 31.3 Å². The highest BCUT2D eigenvalue weighted by atomic mass is 16.6. The topological polar surface area (TPSA) is 100 Å². The lowest BCUT2D eigenvalue weighted by atomic mass is 9.69. The zero-order valence-electron chi connectivity index (χ0n) is 21.3. The average molecular weight is 486 g/mol. The molecule has 0 saturated heterocycles. The third-order valence-corrected chi connectivity index (χ3v) is 6.22. The number of benzene rings is 1. The summed E-state index contributed by atoms with van der Waals surface area (Å²) in [5.41, 5.74) is 2.66. The molecule has 8 heteroatoms. The lowest BCUT2D eigenvalue weighted by Gasteiger charge is -2.38. The molecular weight excluding hydrogens is 450 g/mol. The number of dihydropyridines is 1. The number of nitrogens with one attached hydrogen (secondary N) is 1. The monoisotopic (exact) mass is 485 g/mol. The van der Waals surface area contributed by atoms with Gasteiger partial charge in [-0.2, -0.15) is 0 Å². The lowest BCUT2D eigenvalue weighted by Crippen LogP contribution is -2.43. The van der Waals surface area contributed by atoms with Crippen LogP contribution in [0.25, 0.3) is 0 Å². The van der Waals surface area contributed by atoms with Crippen LogP contribution in [0.15, 0.2) is 46.8 Å². The minimum Gasteiger partial charge on any atom is -0.491 e. The Balaban J connectivity index is 2.14. The van der Waals surface area contributed by atoms with Crippen LogP contribution in [-0.2, 0) is 28.6 Å². The van der Waals surface area contributed by atoms with E-state index < -0.39 is 23.8 Å². The molecule has 0 saturated carbocycles. The van der Waals surface area contributed by atoms with Gasteiger partial charge in [0.25, 0.3) is 0 Å².